The first-order valence-electron chi connectivity index (χ1n) is 11.2. The third-order valence-corrected chi connectivity index (χ3v) is 6.39. The molecule has 4 aromatic rings. The fraction of sp³-hybridized carbons (Fsp3) is 0.259. The summed E-state index contributed by atoms with van der Waals surface area (Å²) in [5, 5.41) is 22.5. The predicted octanol–water partition coefficient (Wildman–Crippen LogP) is 4.67. The zero-order chi connectivity index (χ0) is 23.1. The lowest BCUT2D eigenvalue weighted by Gasteiger charge is -2.34. The Labute approximate surface area is 196 Å². The summed E-state index contributed by atoms with van der Waals surface area (Å²) >= 11 is 0. The number of aliphatic hydroxyl groups is 1. The van der Waals surface area contributed by atoms with Crippen LogP contribution in [0.3, 0.4) is 0 Å². The van der Waals surface area contributed by atoms with Crippen LogP contribution in [0.25, 0.3) is 22.1 Å². The van der Waals surface area contributed by atoms with E-state index in [2.05, 4.69) is 11.1 Å². The van der Waals surface area contributed by atoms with Crippen LogP contribution in [-0.4, -0.2) is 29.1 Å². The molecule has 1 N–H and O–H groups in total. The lowest BCUT2D eigenvalue weighted by molar-refractivity contribution is -0.160. The first-order chi connectivity index (χ1) is 16.6. The molecular formula is C27H22N2O5. The van der Waals surface area contributed by atoms with E-state index in [9.17, 15) is 10.4 Å². The van der Waals surface area contributed by atoms with Gasteiger partial charge in [-0.25, -0.2) is 0 Å². The van der Waals surface area contributed by atoms with Crippen LogP contribution in [0.15, 0.2) is 71.3 Å². The maximum Gasteiger partial charge on any atom is 0.161 e. The van der Waals surface area contributed by atoms with Gasteiger partial charge in [-0.1, -0.05) is 6.07 Å². The Hall–Kier alpha value is -3.70. The molecule has 0 saturated carbocycles. The molecule has 0 amide bonds. The minimum atomic E-state index is -1.07. The van der Waals surface area contributed by atoms with Crippen molar-refractivity contribution in [3.63, 3.8) is 0 Å². The number of hydrogen-bond donors (Lipinski definition) is 1. The molecule has 2 aromatic carbocycles. The maximum atomic E-state index is 11.2. The summed E-state index contributed by atoms with van der Waals surface area (Å²) in [4.78, 5) is 4.68. The molecule has 1 unspecified atom stereocenters. The van der Waals surface area contributed by atoms with Gasteiger partial charge in [0.25, 0.3) is 0 Å². The Kier molecular flexibility index (Phi) is 5.07. The van der Waals surface area contributed by atoms with E-state index in [0.717, 1.165) is 16.3 Å². The molecule has 0 aliphatic carbocycles. The van der Waals surface area contributed by atoms with E-state index in [1.54, 1.807) is 6.26 Å². The largest absolute Gasteiger partial charge is 0.487 e. The Balaban J connectivity index is 1.24. The third-order valence-electron chi connectivity index (χ3n) is 6.39. The third kappa shape index (κ3) is 3.82. The molecule has 6 rings (SSSR count). The zero-order valence-electron chi connectivity index (χ0n) is 18.3. The van der Waals surface area contributed by atoms with Crippen molar-refractivity contribution in [1.29, 1.82) is 5.26 Å². The highest BCUT2D eigenvalue weighted by Crippen LogP contribution is 2.40. The van der Waals surface area contributed by atoms with Crippen LogP contribution in [0.2, 0.25) is 0 Å². The van der Waals surface area contributed by atoms with E-state index in [1.807, 2.05) is 60.7 Å². The van der Waals surface area contributed by atoms with E-state index in [4.69, 9.17) is 18.6 Å². The fourth-order valence-corrected chi connectivity index (χ4v) is 4.78. The molecule has 34 heavy (non-hydrogen) atoms. The molecule has 4 heterocycles. The lowest BCUT2D eigenvalue weighted by Crippen LogP contribution is -2.40. The van der Waals surface area contributed by atoms with Crippen LogP contribution in [0.4, 0.5) is 0 Å². The molecule has 2 saturated heterocycles. The van der Waals surface area contributed by atoms with Crippen LogP contribution < -0.4 is 4.74 Å². The summed E-state index contributed by atoms with van der Waals surface area (Å²) in [6.07, 6.45) is 1.96. The number of rotatable bonds is 5. The molecule has 0 spiro atoms. The normalized spacial score (nSPS) is 23.6. The number of benzene rings is 2. The number of fused-ring (bicyclic) bond motifs is 3. The second-order valence-electron chi connectivity index (χ2n) is 8.76. The smallest absolute Gasteiger partial charge is 0.161 e. The molecule has 0 radical (unpaired) electrons. The Morgan fingerprint density at radius 1 is 1.12 bits per heavy atom. The summed E-state index contributed by atoms with van der Waals surface area (Å²) in [6.45, 7) is 0.755. The van der Waals surface area contributed by atoms with E-state index >= 15 is 0 Å². The Morgan fingerprint density at radius 2 is 2.06 bits per heavy atom. The van der Waals surface area contributed by atoms with Gasteiger partial charge >= 0.3 is 0 Å². The molecular weight excluding hydrogens is 432 g/mol. The van der Waals surface area contributed by atoms with Crippen LogP contribution in [0.5, 0.6) is 5.75 Å². The van der Waals surface area contributed by atoms with Crippen molar-refractivity contribution in [2.75, 3.05) is 6.61 Å². The van der Waals surface area contributed by atoms with Gasteiger partial charge in [-0.2, -0.15) is 5.26 Å². The minimum Gasteiger partial charge on any atom is -0.487 e. The number of hydrogen-bond acceptors (Lipinski definition) is 7. The summed E-state index contributed by atoms with van der Waals surface area (Å²) in [7, 11) is 0. The van der Waals surface area contributed by atoms with Crippen molar-refractivity contribution in [2.45, 2.75) is 37.4 Å². The van der Waals surface area contributed by atoms with Crippen LogP contribution in [-0.2, 0) is 21.7 Å². The van der Waals surface area contributed by atoms with E-state index in [-0.39, 0.29) is 19.0 Å². The molecule has 170 valence electrons. The second-order valence-corrected chi connectivity index (χ2v) is 8.76. The number of furan rings is 1. The van der Waals surface area contributed by atoms with Crippen molar-refractivity contribution in [3.8, 4) is 23.1 Å². The topological polar surface area (TPSA) is 97.7 Å². The first-order valence-corrected chi connectivity index (χ1v) is 11.2. The van der Waals surface area contributed by atoms with E-state index in [1.165, 1.54) is 0 Å². The predicted molar refractivity (Wildman–Crippen MR) is 123 cm³/mol. The second kappa shape index (κ2) is 8.26. The maximum absolute atomic E-state index is 11.2. The molecule has 7 nitrogen and oxygen atoms in total. The highest BCUT2D eigenvalue weighted by Gasteiger charge is 2.46. The van der Waals surface area contributed by atoms with Gasteiger partial charge < -0.3 is 23.7 Å². The van der Waals surface area contributed by atoms with Gasteiger partial charge in [-0.15, -0.1) is 0 Å². The molecule has 7 heteroatoms. The van der Waals surface area contributed by atoms with Crippen molar-refractivity contribution in [3.05, 3.63) is 83.9 Å². The molecule has 2 bridgehead atoms. The zero-order valence-corrected chi connectivity index (χ0v) is 18.3. The van der Waals surface area contributed by atoms with Gasteiger partial charge in [0.15, 0.2) is 6.29 Å². The lowest BCUT2D eigenvalue weighted by atomic mass is 9.87. The molecule has 2 aliphatic rings. The van der Waals surface area contributed by atoms with Crippen LogP contribution in [0.1, 0.15) is 29.8 Å². The number of pyridine rings is 1. The fourth-order valence-electron chi connectivity index (χ4n) is 4.78. The van der Waals surface area contributed by atoms with Gasteiger partial charge in [0.1, 0.15) is 23.7 Å². The van der Waals surface area contributed by atoms with Gasteiger partial charge in [0, 0.05) is 18.4 Å². The summed E-state index contributed by atoms with van der Waals surface area (Å²) in [6, 6.07) is 21.0. The minimum absolute atomic E-state index is 0.104. The average molecular weight is 454 g/mol. The van der Waals surface area contributed by atoms with Crippen molar-refractivity contribution < 1.29 is 23.7 Å². The first kappa shape index (κ1) is 20.9. The standard InChI is InChI=1S/C27H22N2O5/c28-14-17-9-18-11-20(6-7-22(18)23(10-17)24-4-2-8-31-24)32-15-19-3-1-5-25(29-19)27(30)12-21-16-33-26(13-27)34-21/h1-11,21,26,30H,12-13,15-16H2/t21-,26?,27-/m1/s1. The van der Waals surface area contributed by atoms with Crippen molar-refractivity contribution >= 4 is 10.8 Å². The van der Waals surface area contributed by atoms with Crippen molar-refractivity contribution in [1.82, 2.24) is 4.98 Å². The molecule has 3 atom stereocenters. The summed E-state index contributed by atoms with van der Waals surface area (Å²) in [5.74, 6) is 1.37. The number of nitriles is 1. The molecule has 2 aliphatic heterocycles. The van der Waals surface area contributed by atoms with Crippen molar-refractivity contribution in [2.24, 2.45) is 0 Å². The number of aromatic nitrogens is 1. The summed E-state index contributed by atoms with van der Waals surface area (Å²) < 4.78 is 22.8. The van der Waals surface area contributed by atoms with Gasteiger partial charge in [-0.05, 0) is 65.4 Å². The average Bonchev–Trinajstić information content (AvgIpc) is 3.52. The monoisotopic (exact) mass is 454 g/mol. The van der Waals surface area contributed by atoms with Gasteiger partial charge in [-0.3, -0.25) is 4.98 Å². The number of nitrogens with zero attached hydrogens (tertiary/aromatic N) is 2. The van der Waals surface area contributed by atoms with E-state index in [0.29, 0.717) is 47.9 Å². The molecule has 2 fully saturated rings. The van der Waals surface area contributed by atoms with Gasteiger partial charge in [0.2, 0.25) is 0 Å². The van der Waals surface area contributed by atoms with Gasteiger partial charge in [0.05, 0.1) is 42.0 Å². The molecule has 2 aromatic heterocycles. The SMILES string of the molecule is N#Cc1cc(-c2ccco2)c2ccc(OCc3cccc([C@]4(O)CC5OC[C@@H](C4)O5)n3)cc2c1. The quantitative estimate of drug-likeness (QED) is 0.468. The van der Waals surface area contributed by atoms with Crippen LogP contribution >= 0.6 is 0 Å². The van der Waals surface area contributed by atoms with E-state index < -0.39 is 5.60 Å². The highest BCUT2D eigenvalue weighted by atomic mass is 16.7. The highest BCUT2D eigenvalue weighted by molar-refractivity contribution is 5.97. The Morgan fingerprint density at radius 3 is 2.88 bits per heavy atom. The van der Waals surface area contributed by atoms with Crippen LogP contribution in [0, 0.1) is 11.3 Å². The number of ether oxygens (including phenoxy) is 3. The summed E-state index contributed by atoms with van der Waals surface area (Å²) in [5.41, 5.74) is 1.67. The Bertz CT molecular complexity index is 1380.